The molecule has 3 aromatic rings. The first-order valence-electron chi connectivity index (χ1n) is 7.56. The minimum Gasteiger partial charge on any atom is -0.494 e. The zero-order chi connectivity index (χ0) is 17.1. The van der Waals surface area contributed by atoms with Crippen LogP contribution in [-0.2, 0) is 0 Å². The number of aryl methyl sites for hydroxylation is 1. The Morgan fingerprint density at radius 3 is 2.46 bits per heavy atom. The van der Waals surface area contributed by atoms with Crippen LogP contribution in [-0.4, -0.2) is 12.6 Å². The molecule has 122 valence electrons. The van der Waals surface area contributed by atoms with Crippen molar-refractivity contribution in [2.24, 2.45) is 0 Å². The Hall–Kier alpha value is -3.08. The standard InChI is InChI=1S/C19H16O5/c1-3-22-15-9-6-13-10-16(19(21)24-17(13)11-15)18(20)23-14-7-4-12(2)5-8-14/h4-11H,3H2,1-2H3. The summed E-state index contributed by atoms with van der Waals surface area (Å²) in [5.41, 5.74) is 0.517. The van der Waals surface area contributed by atoms with Gasteiger partial charge in [-0.3, -0.25) is 0 Å². The first-order chi connectivity index (χ1) is 11.6. The van der Waals surface area contributed by atoms with E-state index in [1.54, 1.807) is 30.3 Å². The first kappa shape index (κ1) is 15.8. The van der Waals surface area contributed by atoms with Gasteiger partial charge in [-0.05, 0) is 44.2 Å². The van der Waals surface area contributed by atoms with Gasteiger partial charge < -0.3 is 13.9 Å². The van der Waals surface area contributed by atoms with Crippen molar-refractivity contribution in [3.8, 4) is 11.5 Å². The largest absolute Gasteiger partial charge is 0.494 e. The Kier molecular flexibility index (Phi) is 4.33. The van der Waals surface area contributed by atoms with Crippen LogP contribution in [0.15, 0.2) is 57.7 Å². The van der Waals surface area contributed by atoms with Crippen molar-refractivity contribution in [2.75, 3.05) is 6.61 Å². The molecular weight excluding hydrogens is 308 g/mol. The molecule has 0 aliphatic carbocycles. The fourth-order valence-corrected chi connectivity index (χ4v) is 2.26. The number of fused-ring (bicyclic) bond motifs is 1. The molecule has 5 heteroatoms. The zero-order valence-corrected chi connectivity index (χ0v) is 13.4. The maximum absolute atomic E-state index is 12.2. The minimum absolute atomic E-state index is 0.146. The Bertz CT molecular complexity index is 938. The lowest BCUT2D eigenvalue weighted by atomic mass is 10.2. The van der Waals surface area contributed by atoms with Crippen LogP contribution in [0.1, 0.15) is 22.8 Å². The fourth-order valence-electron chi connectivity index (χ4n) is 2.26. The number of esters is 1. The maximum atomic E-state index is 12.2. The van der Waals surface area contributed by atoms with Crippen molar-refractivity contribution in [3.05, 3.63) is 70.1 Å². The SMILES string of the molecule is CCOc1ccc2cc(C(=O)Oc3ccc(C)cc3)c(=O)oc2c1. The second-order valence-corrected chi connectivity index (χ2v) is 5.28. The summed E-state index contributed by atoms with van der Waals surface area (Å²) < 4.78 is 15.8. The molecule has 0 unspecified atom stereocenters. The average Bonchev–Trinajstić information content (AvgIpc) is 2.56. The predicted octanol–water partition coefficient (Wildman–Crippen LogP) is 3.72. The van der Waals surface area contributed by atoms with E-state index in [1.807, 2.05) is 26.0 Å². The molecule has 1 aromatic heterocycles. The summed E-state index contributed by atoms with van der Waals surface area (Å²) in [6.45, 7) is 4.31. The van der Waals surface area contributed by atoms with Crippen molar-refractivity contribution >= 4 is 16.9 Å². The molecule has 2 aromatic carbocycles. The van der Waals surface area contributed by atoms with Gasteiger partial charge in [0.25, 0.3) is 0 Å². The van der Waals surface area contributed by atoms with E-state index in [0.717, 1.165) is 5.56 Å². The molecule has 0 aliphatic heterocycles. The number of hydrogen-bond acceptors (Lipinski definition) is 5. The molecule has 0 saturated carbocycles. The van der Waals surface area contributed by atoms with Crippen LogP contribution in [0.5, 0.6) is 11.5 Å². The number of carbonyl (C=O) groups excluding carboxylic acids is 1. The van der Waals surface area contributed by atoms with Gasteiger partial charge in [0.2, 0.25) is 0 Å². The van der Waals surface area contributed by atoms with E-state index in [1.165, 1.54) is 6.07 Å². The normalized spacial score (nSPS) is 10.6. The summed E-state index contributed by atoms with van der Waals surface area (Å²) in [5, 5.41) is 0.619. The summed E-state index contributed by atoms with van der Waals surface area (Å²) in [4.78, 5) is 24.3. The zero-order valence-electron chi connectivity index (χ0n) is 13.4. The maximum Gasteiger partial charge on any atom is 0.351 e. The fraction of sp³-hybridized carbons (Fsp3) is 0.158. The Morgan fingerprint density at radius 2 is 1.75 bits per heavy atom. The van der Waals surface area contributed by atoms with Crippen LogP contribution in [0.25, 0.3) is 11.0 Å². The summed E-state index contributed by atoms with van der Waals surface area (Å²) in [6, 6.07) is 13.5. The summed E-state index contributed by atoms with van der Waals surface area (Å²) in [6.07, 6.45) is 0. The second kappa shape index (κ2) is 6.58. The monoisotopic (exact) mass is 324 g/mol. The lowest BCUT2D eigenvalue weighted by Crippen LogP contribution is -2.18. The van der Waals surface area contributed by atoms with Crippen LogP contribution < -0.4 is 15.1 Å². The molecular formula is C19H16O5. The molecule has 0 fully saturated rings. The Balaban J connectivity index is 1.92. The molecule has 0 radical (unpaired) electrons. The van der Waals surface area contributed by atoms with Gasteiger partial charge in [0.05, 0.1) is 6.61 Å². The summed E-state index contributed by atoms with van der Waals surface area (Å²) in [7, 11) is 0. The van der Waals surface area contributed by atoms with Gasteiger partial charge in [-0.2, -0.15) is 0 Å². The summed E-state index contributed by atoms with van der Waals surface area (Å²) >= 11 is 0. The highest BCUT2D eigenvalue weighted by atomic mass is 16.5. The van der Waals surface area contributed by atoms with E-state index in [0.29, 0.717) is 29.1 Å². The minimum atomic E-state index is -0.747. The number of rotatable bonds is 4. The Labute approximate surface area is 138 Å². The smallest absolute Gasteiger partial charge is 0.351 e. The van der Waals surface area contributed by atoms with Crippen molar-refractivity contribution in [3.63, 3.8) is 0 Å². The number of hydrogen-bond donors (Lipinski definition) is 0. The predicted molar refractivity (Wildman–Crippen MR) is 89.8 cm³/mol. The molecule has 0 bridgehead atoms. The first-order valence-corrected chi connectivity index (χ1v) is 7.56. The van der Waals surface area contributed by atoms with Crippen molar-refractivity contribution in [1.82, 2.24) is 0 Å². The molecule has 0 saturated heterocycles. The highest BCUT2D eigenvalue weighted by molar-refractivity contribution is 5.94. The lowest BCUT2D eigenvalue weighted by molar-refractivity contribution is 0.0730. The van der Waals surface area contributed by atoms with Crippen molar-refractivity contribution in [2.45, 2.75) is 13.8 Å². The van der Waals surface area contributed by atoms with E-state index in [9.17, 15) is 9.59 Å². The molecule has 5 nitrogen and oxygen atoms in total. The van der Waals surface area contributed by atoms with E-state index in [-0.39, 0.29) is 5.56 Å². The van der Waals surface area contributed by atoms with Gasteiger partial charge >= 0.3 is 11.6 Å². The molecule has 3 rings (SSSR count). The van der Waals surface area contributed by atoms with Gasteiger partial charge in [-0.25, -0.2) is 9.59 Å². The molecule has 0 atom stereocenters. The highest BCUT2D eigenvalue weighted by Crippen LogP contribution is 2.21. The van der Waals surface area contributed by atoms with Gasteiger partial charge in [-0.15, -0.1) is 0 Å². The van der Waals surface area contributed by atoms with Gasteiger partial charge in [0.15, 0.2) is 0 Å². The van der Waals surface area contributed by atoms with E-state index in [2.05, 4.69) is 0 Å². The molecule has 0 N–H and O–H groups in total. The third-order valence-corrected chi connectivity index (χ3v) is 3.47. The van der Waals surface area contributed by atoms with E-state index < -0.39 is 11.6 Å². The van der Waals surface area contributed by atoms with Crippen molar-refractivity contribution < 1.29 is 18.7 Å². The van der Waals surface area contributed by atoms with E-state index >= 15 is 0 Å². The van der Waals surface area contributed by atoms with Crippen molar-refractivity contribution in [1.29, 1.82) is 0 Å². The van der Waals surface area contributed by atoms with Crippen LogP contribution in [0.4, 0.5) is 0 Å². The third-order valence-electron chi connectivity index (χ3n) is 3.47. The lowest BCUT2D eigenvalue weighted by Gasteiger charge is -2.06. The number of benzene rings is 2. The average molecular weight is 324 g/mol. The van der Waals surface area contributed by atoms with Crippen LogP contribution in [0.3, 0.4) is 0 Å². The molecule has 1 heterocycles. The number of ether oxygens (including phenoxy) is 2. The van der Waals surface area contributed by atoms with Crippen LogP contribution >= 0.6 is 0 Å². The van der Waals surface area contributed by atoms with E-state index in [4.69, 9.17) is 13.9 Å². The molecule has 0 aliphatic rings. The molecule has 24 heavy (non-hydrogen) atoms. The van der Waals surface area contributed by atoms with Crippen LogP contribution in [0, 0.1) is 6.92 Å². The highest BCUT2D eigenvalue weighted by Gasteiger charge is 2.16. The third kappa shape index (κ3) is 3.30. The summed E-state index contributed by atoms with van der Waals surface area (Å²) in [5.74, 6) is 0.225. The van der Waals surface area contributed by atoms with Gasteiger partial charge in [0, 0.05) is 11.5 Å². The van der Waals surface area contributed by atoms with Crippen LogP contribution in [0.2, 0.25) is 0 Å². The molecule has 0 spiro atoms. The second-order valence-electron chi connectivity index (χ2n) is 5.28. The number of carbonyl (C=O) groups is 1. The van der Waals surface area contributed by atoms with Gasteiger partial charge in [-0.1, -0.05) is 17.7 Å². The van der Waals surface area contributed by atoms with Gasteiger partial charge in [0.1, 0.15) is 22.6 Å². The Morgan fingerprint density at radius 1 is 1.04 bits per heavy atom. The topological polar surface area (TPSA) is 65.7 Å². The molecule has 0 amide bonds. The quantitative estimate of drug-likeness (QED) is 0.416.